The summed E-state index contributed by atoms with van der Waals surface area (Å²) in [6.07, 6.45) is 0.704. The van der Waals surface area contributed by atoms with Gasteiger partial charge in [-0.2, -0.15) is 0 Å². The van der Waals surface area contributed by atoms with Gasteiger partial charge in [0.1, 0.15) is 5.82 Å². The van der Waals surface area contributed by atoms with E-state index >= 15 is 0 Å². The lowest BCUT2D eigenvalue weighted by atomic mass is 9.87. The van der Waals surface area contributed by atoms with Crippen molar-refractivity contribution in [1.82, 2.24) is 0 Å². The molecule has 0 spiro atoms. The van der Waals surface area contributed by atoms with Gasteiger partial charge in [0.25, 0.3) is 0 Å². The fourth-order valence-corrected chi connectivity index (χ4v) is 1.87. The summed E-state index contributed by atoms with van der Waals surface area (Å²) in [5, 5.41) is 9.13. The number of hydrogen-bond donors (Lipinski definition) is 1. The Kier molecular flexibility index (Phi) is 4.05. The fraction of sp³-hybridized carbons (Fsp3) is 0.462. The summed E-state index contributed by atoms with van der Waals surface area (Å²) in [6, 6.07) is 4.54. The van der Waals surface area contributed by atoms with Gasteiger partial charge >= 0.3 is 5.97 Å². The molecule has 0 saturated heterocycles. The molecular formula is C13H17FO2. The molecule has 3 heteroatoms. The molecule has 0 aromatic heterocycles. The molecule has 16 heavy (non-hydrogen) atoms. The molecule has 0 bridgehead atoms. The van der Waals surface area contributed by atoms with Gasteiger partial charge in [0, 0.05) is 0 Å². The predicted octanol–water partition coefficient (Wildman–Crippen LogP) is 3.21. The highest BCUT2D eigenvalue weighted by Crippen LogP contribution is 2.26. The van der Waals surface area contributed by atoms with E-state index in [-0.39, 0.29) is 11.7 Å². The van der Waals surface area contributed by atoms with Gasteiger partial charge in [0.15, 0.2) is 0 Å². The molecule has 1 aromatic carbocycles. The molecule has 88 valence electrons. The van der Waals surface area contributed by atoms with Crippen molar-refractivity contribution < 1.29 is 14.3 Å². The fourth-order valence-electron chi connectivity index (χ4n) is 1.87. The van der Waals surface area contributed by atoms with Crippen LogP contribution in [0.3, 0.4) is 0 Å². The van der Waals surface area contributed by atoms with Crippen LogP contribution >= 0.6 is 0 Å². The quantitative estimate of drug-likeness (QED) is 0.852. The van der Waals surface area contributed by atoms with Crippen LogP contribution < -0.4 is 0 Å². The smallest absolute Gasteiger partial charge is 0.311 e. The van der Waals surface area contributed by atoms with Gasteiger partial charge < -0.3 is 5.11 Å². The molecule has 0 aliphatic heterocycles. The SMILES string of the molecule is CCc1cc(F)cc(C(C(=O)O)C(C)C)c1. The maximum Gasteiger partial charge on any atom is 0.311 e. The lowest BCUT2D eigenvalue weighted by Gasteiger charge is -2.17. The van der Waals surface area contributed by atoms with Crippen LogP contribution in [0.4, 0.5) is 4.39 Å². The van der Waals surface area contributed by atoms with Crippen molar-refractivity contribution in [2.75, 3.05) is 0 Å². The van der Waals surface area contributed by atoms with E-state index in [2.05, 4.69) is 0 Å². The average Bonchev–Trinajstić information content (AvgIpc) is 2.15. The van der Waals surface area contributed by atoms with Gasteiger partial charge in [0.2, 0.25) is 0 Å². The Morgan fingerprint density at radius 2 is 2.00 bits per heavy atom. The van der Waals surface area contributed by atoms with E-state index in [1.54, 1.807) is 6.07 Å². The standard InChI is InChI=1S/C13H17FO2/c1-4-9-5-10(7-11(14)6-9)12(8(2)3)13(15)16/h5-8,12H,4H2,1-3H3,(H,15,16). The third-order valence-electron chi connectivity index (χ3n) is 2.68. The zero-order valence-electron chi connectivity index (χ0n) is 9.83. The van der Waals surface area contributed by atoms with E-state index in [0.717, 1.165) is 5.56 Å². The summed E-state index contributed by atoms with van der Waals surface area (Å²) in [5.74, 6) is -1.95. The van der Waals surface area contributed by atoms with E-state index in [0.29, 0.717) is 12.0 Å². The molecule has 0 fully saturated rings. The number of rotatable bonds is 4. The zero-order valence-corrected chi connectivity index (χ0v) is 9.83. The first kappa shape index (κ1) is 12.7. The van der Waals surface area contributed by atoms with Crippen LogP contribution in [0.1, 0.15) is 37.8 Å². The van der Waals surface area contributed by atoms with E-state index in [1.807, 2.05) is 20.8 Å². The molecule has 1 rings (SSSR count). The van der Waals surface area contributed by atoms with Gasteiger partial charge in [-0.15, -0.1) is 0 Å². The lowest BCUT2D eigenvalue weighted by Crippen LogP contribution is -2.17. The monoisotopic (exact) mass is 224 g/mol. The molecule has 0 heterocycles. The van der Waals surface area contributed by atoms with Gasteiger partial charge in [0.05, 0.1) is 5.92 Å². The van der Waals surface area contributed by atoms with Crippen molar-refractivity contribution in [2.45, 2.75) is 33.1 Å². The van der Waals surface area contributed by atoms with E-state index in [1.165, 1.54) is 12.1 Å². The average molecular weight is 224 g/mol. The minimum absolute atomic E-state index is 0.0518. The van der Waals surface area contributed by atoms with Crippen molar-refractivity contribution in [3.8, 4) is 0 Å². The number of carboxylic acid groups (broad SMARTS) is 1. The Hall–Kier alpha value is -1.38. The minimum atomic E-state index is -0.900. The number of halogens is 1. The second-order valence-corrected chi connectivity index (χ2v) is 4.31. The minimum Gasteiger partial charge on any atom is -0.481 e. The Bertz CT molecular complexity index is 386. The maximum atomic E-state index is 13.3. The van der Waals surface area contributed by atoms with E-state index in [4.69, 9.17) is 5.11 Å². The molecule has 0 aliphatic rings. The third-order valence-corrected chi connectivity index (χ3v) is 2.68. The van der Waals surface area contributed by atoms with Crippen molar-refractivity contribution in [3.63, 3.8) is 0 Å². The van der Waals surface area contributed by atoms with Crippen LogP contribution in [-0.4, -0.2) is 11.1 Å². The largest absolute Gasteiger partial charge is 0.481 e. The number of carboxylic acids is 1. The zero-order chi connectivity index (χ0) is 12.3. The molecular weight excluding hydrogens is 207 g/mol. The third kappa shape index (κ3) is 2.81. The predicted molar refractivity (Wildman–Crippen MR) is 61.0 cm³/mol. The highest BCUT2D eigenvalue weighted by Gasteiger charge is 2.24. The molecule has 1 atom stereocenters. The first-order valence-electron chi connectivity index (χ1n) is 5.47. The molecule has 0 radical (unpaired) electrons. The summed E-state index contributed by atoms with van der Waals surface area (Å²) < 4.78 is 13.3. The Balaban J connectivity index is 3.18. The maximum absolute atomic E-state index is 13.3. The van der Waals surface area contributed by atoms with Crippen LogP contribution in [0.5, 0.6) is 0 Å². The highest BCUT2D eigenvalue weighted by atomic mass is 19.1. The topological polar surface area (TPSA) is 37.3 Å². The second-order valence-electron chi connectivity index (χ2n) is 4.31. The van der Waals surface area contributed by atoms with Crippen LogP contribution in [0.2, 0.25) is 0 Å². The lowest BCUT2D eigenvalue weighted by molar-refractivity contribution is -0.139. The van der Waals surface area contributed by atoms with Crippen LogP contribution in [0.15, 0.2) is 18.2 Å². The molecule has 0 aliphatic carbocycles. The summed E-state index contributed by atoms with van der Waals surface area (Å²) in [7, 11) is 0. The van der Waals surface area contributed by atoms with Crippen molar-refractivity contribution in [2.24, 2.45) is 5.92 Å². The van der Waals surface area contributed by atoms with Gasteiger partial charge in [-0.25, -0.2) is 4.39 Å². The Morgan fingerprint density at radius 1 is 1.38 bits per heavy atom. The molecule has 1 aromatic rings. The Morgan fingerprint density at radius 3 is 2.44 bits per heavy atom. The molecule has 1 unspecified atom stereocenters. The van der Waals surface area contributed by atoms with Crippen LogP contribution in [-0.2, 0) is 11.2 Å². The molecule has 0 saturated carbocycles. The number of benzene rings is 1. The summed E-state index contributed by atoms with van der Waals surface area (Å²) in [5.41, 5.74) is 1.39. The molecule has 0 amide bonds. The number of carbonyl (C=O) groups is 1. The summed E-state index contributed by atoms with van der Waals surface area (Å²) >= 11 is 0. The van der Waals surface area contributed by atoms with Crippen molar-refractivity contribution in [1.29, 1.82) is 0 Å². The highest BCUT2D eigenvalue weighted by molar-refractivity contribution is 5.76. The van der Waals surface area contributed by atoms with E-state index < -0.39 is 11.9 Å². The van der Waals surface area contributed by atoms with Crippen LogP contribution in [0.25, 0.3) is 0 Å². The number of aryl methyl sites for hydroxylation is 1. The molecule has 1 N–H and O–H groups in total. The molecule has 2 nitrogen and oxygen atoms in total. The van der Waals surface area contributed by atoms with Crippen LogP contribution in [0, 0.1) is 11.7 Å². The first-order chi connectivity index (χ1) is 7.45. The summed E-state index contributed by atoms with van der Waals surface area (Å²) in [4.78, 5) is 11.1. The first-order valence-corrected chi connectivity index (χ1v) is 5.47. The number of aliphatic carboxylic acids is 1. The van der Waals surface area contributed by atoms with Gasteiger partial charge in [-0.1, -0.05) is 26.8 Å². The van der Waals surface area contributed by atoms with Crippen molar-refractivity contribution in [3.05, 3.63) is 35.1 Å². The normalized spacial score (nSPS) is 12.8. The summed E-state index contributed by atoms with van der Waals surface area (Å²) in [6.45, 7) is 5.58. The van der Waals surface area contributed by atoms with Gasteiger partial charge in [-0.05, 0) is 35.6 Å². The van der Waals surface area contributed by atoms with E-state index in [9.17, 15) is 9.18 Å². The van der Waals surface area contributed by atoms with Crippen molar-refractivity contribution >= 4 is 5.97 Å². The second kappa shape index (κ2) is 5.10. The van der Waals surface area contributed by atoms with Gasteiger partial charge in [-0.3, -0.25) is 4.79 Å². The Labute approximate surface area is 95.1 Å². The number of hydrogen-bond acceptors (Lipinski definition) is 1.